The van der Waals surface area contributed by atoms with Gasteiger partial charge in [0.2, 0.25) is 5.91 Å². The molecule has 0 bridgehead atoms. The van der Waals surface area contributed by atoms with Crippen LogP contribution < -0.4 is 10.1 Å². The van der Waals surface area contributed by atoms with E-state index < -0.39 is 0 Å². The molecule has 3 rings (SSSR count). The lowest BCUT2D eigenvalue weighted by molar-refractivity contribution is -0.123. The van der Waals surface area contributed by atoms with Crippen LogP contribution in [-0.4, -0.2) is 12.5 Å². The molecule has 124 valence electrons. The Kier molecular flexibility index (Phi) is 3.99. The maximum atomic E-state index is 12.7. The number of fused-ring (bicyclic) bond motifs is 1. The first-order valence-electron chi connectivity index (χ1n) is 8.51. The summed E-state index contributed by atoms with van der Waals surface area (Å²) in [4.78, 5) is 12.7. The third-order valence-corrected chi connectivity index (χ3v) is 5.28. The third-order valence-electron chi connectivity index (χ3n) is 5.28. The zero-order valence-corrected chi connectivity index (χ0v) is 14.8. The van der Waals surface area contributed by atoms with E-state index >= 15 is 0 Å². The zero-order chi connectivity index (χ0) is 16.8. The van der Waals surface area contributed by atoms with Gasteiger partial charge in [-0.25, -0.2) is 0 Å². The van der Waals surface area contributed by atoms with Gasteiger partial charge in [0, 0.05) is 6.42 Å². The zero-order valence-electron chi connectivity index (χ0n) is 14.8. The fourth-order valence-electron chi connectivity index (χ4n) is 3.71. The minimum Gasteiger partial charge on any atom is -0.493 e. The van der Waals surface area contributed by atoms with E-state index in [1.165, 1.54) is 11.1 Å². The van der Waals surface area contributed by atoms with Gasteiger partial charge in [-0.2, -0.15) is 0 Å². The molecule has 1 fully saturated rings. The van der Waals surface area contributed by atoms with Crippen LogP contribution in [0.2, 0.25) is 0 Å². The second-order valence-electron chi connectivity index (χ2n) is 7.76. The number of hydrogen-bond acceptors (Lipinski definition) is 2. The van der Waals surface area contributed by atoms with Crippen LogP contribution in [0.3, 0.4) is 0 Å². The van der Waals surface area contributed by atoms with Crippen LogP contribution in [0, 0.1) is 17.3 Å². The Morgan fingerprint density at radius 3 is 2.83 bits per heavy atom. The van der Waals surface area contributed by atoms with E-state index in [-0.39, 0.29) is 23.3 Å². The Balaban J connectivity index is 1.67. The van der Waals surface area contributed by atoms with Gasteiger partial charge >= 0.3 is 0 Å². The molecule has 3 nitrogen and oxygen atoms in total. The first-order chi connectivity index (χ1) is 10.8. The van der Waals surface area contributed by atoms with Crippen LogP contribution in [0.4, 0.5) is 0 Å². The normalized spacial score (nSPS) is 25.1. The summed E-state index contributed by atoms with van der Waals surface area (Å²) in [7, 11) is 0. The third kappa shape index (κ3) is 3.01. The summed E-state index contributed by atoms with van der Waals surface area (Å²) in [5.74, 6) is 1.59. The van der Waals surface area contributed by atoms with Crippen molar-refractivity contribution < 1.29 is 9.53 Å². The van der Waals surface area contributed by atoms with Crippen molar-refractivity contribution in [1.29, 1.82) is 0 Å². The predicted molar refractivity (Wildman–Crippen MR) is 92.4 cm³/mol. The van der Waals surface area contributed by atoms with Crippen LogP contribution in [0.15, 0.2) is 29.8 Å². The molecule has 0 saturated heterocycles. The lowest BCUT2D eigenvalue weighted by atomic mass is 10.0. The van der Waals surface area contributed by atoms with Crippen molar-refractivity contribution in [2.45, 2.75) is 47.1 Å². The number of benzene rings is 1. The minimum absolute atomic E-state index is 0.0251. The van der Waals surface area contributed by atoms with Crippen molar-refractivity contribution in [1.82, 2.24) is 5.32 Å². The number of hydrogen-bond donors (Lipinski definition) is 1. The van der Waals surface area contributed by atoms with E-state index in [4.69, 9.17) is 4.74 Å². The van der Waals surface area contributed by atoms with E-state index in [9.17, 15) is 4.79 Å². The second kappa shape index (κ2) is 5.70. The molecule has 1 aliphatic heterocycles. The van der Waals surface area contributed by atoms with Gasteiger partial charge in [-0.1, -0.05) is 31.6 Å². The van der Waals surface area contributed by atoms with Gasteiger partial charge in [-0.3, -0.25) is 4.79 Å². The Labute approximate surface area is 139 Å². The van der Waals surface area contributed by atoms with Gasteiger partial charge < -0.3 is 10.1 Å². The van der Waals surface area contributed by atoms with Gasteiger partial charge in [-0.15, -0.1) is 0 Å². The number of nitrogens with one attached hydrogen (secondary N) is 1. The molecule has 1 amide bonds. The molecule has 3 heteroatoms. The fraction of sp³-hybridized carbons (Fsp3) is 0.550. The molecule has 0 aromatic heterocycles. The summed E-state index contributed by atoms with van der Waals surface area (Å²) in [6, 6.07) is 6.27. The summed E-state index contributed by atoms with van der Waals surface area (Å²) in [6.07, 6.45) is 3.20. The molecule has 0 spiro atoms. The predicted octanol–water partition coefficient (Wildman–Crippen LogP) is 4.04. The number of allylic oxidation sites excluding steroid dienone is 2. The van der Waals surface area contributed by atoms with Crippen molar-refractivity contribution in [3.8, 4) is 5.75 Å². The summed E-state index contributed by atoms with van der Waals surface area (Å²) in [5.41, 5.74) is 3.75. The van der Waals surface area contributed by atoms with E-state index in [1.54, 1.807) is 0 Å². The molecule has 1 N–H and O–H groups in total. The molecular weight excluding hydrogens is 286 g/mol. The van der Waals surface area contributed by atoms with Gasteiger partial charge in [0.05, 0.1) is 18.6 Å². The Morgan fingerprint density at radius 1 is 1.39 bits per heavy atom. The van der Waals surface area contributed by atoms with Crippen LogP contribution in [-0.2, 0) is 11.2 Å². The van der Waals surface area contributed by atoms with Crippen molar-refractivity contribution in [2.24, 2.45) is 17.3 Å². The number of ether oxygens (including phenoxy) is 1. The molecule has 1 saturated carbocycles. The minimum atomic E-state index is 0.0251. The molecule has 1 aliphatic carbocycles. The Bertz CT molecular complexity index is 656. The average Bonchev–Trinajstić information content (AvgIpc) is 2.85. The average molecular weight is 313 g/mol. The van der Waals surface area contributed by atoms with Crippen LogP contribution in [0.25, 0.3) is 0 Å². The molecule has 0 radical (unpaired) electrons. The van der Waals surface area contributed by atoms with Crippen molar-refractivity contribution in [3.63, 3.8) is 0 Å². The van der Waals surface area contributed by atoms with E-state index in [2.05, 4.69) is 58.1 Å². The van der Waals surface area contributed by atoms with Crippen LogP contribution >= 0.6 is 0 Å². The lowest BCUT2D eigenvalue weighted by Gasteiger charge is -2.16. The number of rotatable bonds is 4. The van der Waals surface area contributed by atoms with Gasteiger partial charge in [-0.05, 0) is 55.4 Å². The quantitative estimate of drug-likeness (QED) is 0.852. The summed E-state index contributed by atoms with van der Waals surface area (Å²) in [6.45, 7) is 11.4. The maximum absolute atomic E-state index is 12.7. The van der Waals surface area contributed by atoms with Crippen molar-refractivity contribution in [2.75, 3.05) is 6.61 Å². The van der Waals surface area contributed by atoms with Crippen LogP contribution in [0.1, 0.15) is 51.8 Å². The standard InChI is InChI=1S/C20H27NO2/c1-12(2)10-16-18(20(16,4)5)19(22)21-13(3)14-6-7-17-15(11-14)8-9-23-17/h6-7,10-11,13,16,18H,8-9H2,1-5H3,(H,21,22). The molecule has 3 unspecified atom stereocenters. The summed E-state index contributed by atoms with van der Waals surface area (Å²) >= 11 is 0. The van der Waals surface area contributed by atoms with Crippen LogP contribution in [0.5, 0.6) is 5.75 Å². The second-order valence-corrected chi connectivity index (χ2v) is 7.76. The van der Waals surface area contributed by atoms with Gasteiger partial charge in [0.15, 0.2) is 0 Å². The highest BCUT2D eigenvalue weighted by molar-refractivity contribution is 5.84. The summed E-state index contributed by atoms with van der Waals surface area (Å²) in [5, 5.41) is 3.20. The first kappa shape index (κ1) is 16.1. The highest BCUT2D eigenvalue weighted by Crippen LogP contribution is 2.59. The maximum Gasteiger partial charge on any atom is 0.224 e. The Morgan fingerprint density at radius 2 is 2.13 bits per heavy atom. The van der Waals surface area contributed by atoms with Gasteiger partial charge in [0.25, 0.3) is 0 Å². The summed E-state index contributed by atoms with van der Waals surface area (Å²) < 4.78 is 5.55. The molecular formula is C20H27NO2. The van der Waals surface area contributed by atoms with E-state index in [0.29, 0.717) is 5.92 Å². The Hall–Kier alpha value is -1.77. The fourth-order valence-corrected chi connectivity index (χ4v) is 3.71. The van der Waals surface area contributed by atoms with E-state index in [0.717, 1.165) is 24.3 Å². The molecule has 23 heavy (non-hydrogen) atoms. The largest absolute Gasteiger partial charge is 0.493 e. The number of carbonyl (C=O) groups excluding carboxylic acids is 1. The molecule has 1 aromatic carbocycles. The smallest absolute Gasteiger partial charge is 0.224 e. The van der Waals surface area contributed by atoms with Gasteiger partial charge in [0.1, 0.15) is 5.75 Å². The number of amides is 1. The molecule has 2 aliphatic rings. The first-order valence-corrected chi connectivity index (χ1v) is 8.51. The highest BCUT2D eigenvalue weighted by Gasteiger charge is 2.60. The number of carbonyl (C=O) groups is 1. The monoisotopic (exact) mass is 313 g/mol. The van der Waals surface area contributed by atoms with E-state index in [1.807, 2.05) is 6.07 Å². The molecule has 1 aromatic rings. The highest BCUT2D eigenvalue weighted by atomic mass is 16.5. The molecule has 1 heterocycles. The van der Waals surface area contributed by atoms with Crippen molar-refractivity contribution >= 4 is 5.91 Å². The molecule has 3 atom stereocenters. The van der Waals surface area contributed by atoms with Crippen molar-refractivity contribution in [3.05, 3.63) is 41.0 Å². The topological polar surface area (TPSA) is 38.3 Å². The SMILES string of the molecule is CC(C)=CC1C(C(=O)NC(C)c2ccc3c(c2)CCO3)C1(C)C. The lowest BCUT2D eigenvalue weighted by Crippen LogP contribution is -2.29.